The van der Waals surface area contributed by atoms with Crippen molar-refractivity contribution in [1.82, 2.24) is 0 Å². The molecule has 3 rings (SSSR count). The molecule has 0 aromatic rings. The van der Waals surface area contributed by atoms with Gasteiger partial charge in [-0.25, -0.2) is 4.79 Å². The van der Waals surface area contributed by atoms with Crippen LogP contribution in [0.4, 0.5) is 0 Å². The Kier molecular flexibility index (Phi) is 13.6. The van der Waals surface area contributed by atoms with Crippen LogP contribution in [0, 0.1) is 40.4 Å². The second-order valence-corrected chi connectivity index (χ2v) is 22.2. The number of hydrogen-bond acceptors (Lipinski definition) is 6. The molecule has 8 atom stereocenters. The number of fused-ring (bicyclic) bond motifs is 1. The molecule has 0 radical (unpaired) electrons. The summed E-state index contributed by atoms with van der Waals surface area (Å²) in [5, 5.41) is 0. The molecule has 0 amide bonds. The van der Waals surface area contributed by atoms with Gasteiger partial charge in [-0.15, -0.1) is 0 Å². The minimum Gasteiger partial charge on any atom is -0.461 e. The topological polar surface area (TPSA) is 71.1 Å². The first-order valence-corrected chi connectivity index (χ1v) is 24.0. The molecule has 0 saturated carbocycles. The zero-order valence-electron chi connectivity index (χ0n) is 31.6. The maximum atomic E-state index is 13.8. The summed E-state index contributed by atoms with van der Waals surface area (Å²) in [5.74, 6) is 0.191. The van der Waals surface area contributed by atoms with Crippen molar-refractivity contribution in [3.8, 4) is 0 Å². The van der Waals surface area contributed by atoms with E-state index >= 15 is 0 Å². The van der Waals surface area contributed by atoms with Crippen molar-refractivity contribution in [3.63, 3.8) is 0 Å². The van der Waals surface area contributed by atoms with Crippen LogP contribution in [0.2, 0.25) is 26.2 Å². The van der Waals surface area contributed by atoms with Crippen molar-refractivity contribution in [1.29, 1.82) is 0 Å². The summed E-state index contributed by atoms with van der Waals surface area (Å²) in [5.41, 5.74) is 0.674. The van der Waals surface area contributed by atoms with E-state index in [2.05, 4.69) is 107 Å². The van der Waals surface area contributed by atoms with Crippen LogP contribution in [0.25, 0.3) is 0 Å². The van der Waals surface area contributed by atoms with E-state index in [4.69, 9.17) is 18.3 Å². The normalized spacial score (nSPS) is 30.2. The van der Waals surface area contributed by atoms with Gasteiger partial charge in [0.1, 0.15) is 18.3 Å². The third-order valence-electron chi connectivity index (χ3n) is 10.6. The number of hydrogen-bond donors (Lipinski definition) is 0. The molecule has 1 aliphatic heterocycles. The van der Waals surface area contributed by atoms with Gasteiger partial charge in [-0.1, -0.05) is 86.5 Å². The molecule has 0 spiro atoms. The minimum absolute atomic E-state index is 0.0363. The summed E-state index contributed by atoms with van der Waals surface area (Å²) in [7, 11) is -2.96. The van der Waals surface area contributed by atoms with Gasteiger partial charge in [-0.05, 0) is 87.5 Å². The van der Waals surface area contributed by atoms with Gasteiger partial charge in [0.15, 0.2) is 18.1 Å². The van der Waals surface area contributed by atoms with Crippen molar-refractivity contribution in [2.45, 2.75) is 164 Å². The van der Waals surface area contributed by atoms with E-state index in [0.29, 0.717) is 12.3 Å². The molecule has 3 aliphatic rings. The Labute approximate surface area is 285 Å². The molecule has 46 heavy (non-hydrogen) atoms. The van der Waals surface area contributed by atoms with Crippen LogP contribution in [0.5, 0.6) is 0 Å². The summed E-state index contributed by atoms with van der Waals surface area (Å²) in [6.07, 6.45) is 12.8. The summed E-state index contributed by atoms with van der Waals surface area (Å²) in [6, 6.07) is 0. The zero-order chi connectivity index (χ0) is 34.6. The number of rotatable bonds is 13. The molecule has 264 valence electrons. The van der Waals surface area contributed by atoms with Crippen LogP contribution in [0.3, 0.4) is 0 Å². The maximum Gasteiger partial charge on any atom is 0.334 e. The fraction of sp³-hybridized carbons (Fsp3) is 0.842. The van der Waals surface area contributed by atoms with E-state index in [-0.39, 0.29) is 58.6 Å². The molecule has 0 aromatic carbocycles. The predicted molar refractivity (Wildman–Crippen MR) is 194 cm³/mol. The van der Waals surface area contributed by atoms with Gasteiger partial charge in [0.05, 0.1) is 11.5 Å². The quantitative estimate of drug-likeness (QED) is 0.143. The molecule has 0 N–H and O–H groups in total. The van der Waals surface area contributed by atoms with Crippen molar-refractivity contribution >= 4 is 30.0 Å². The largest absolute Gasteiger partial charge is 0.461 e. The summed E-state index contributed by atoms with van der Waals surface area (Å²) in [4.78, 5) is 27.3. The van der Waals surface area contributed by atoms with Crippen molar-refractivity contribution in [2.75, 3.05) is 0 Å². The number of carbonyl (C=O) groups is 2. The van der Waals surface area contributed by atoms with Gasteiger partial charge in [-0.3, -0.25) is 4.79 Å². The van der Waals surface area contributed by atoms with Gasteiger partial charge >= 0.3 is 11.9 Å². The van der Waals surface area contributed by atoms with Crippen LogP contribution in [-0.4, -0.2) is 53.9 Å². The molecule has 2 aliphatic carbocycles. The Morgan fingerprint density at radius 1 is 0.935 bits per heavy atom. The first-order chi connectivity index (χ1) is 21.3. The Balaban J connectivity index is 2.02. The van der Waals surface area contributed by atoms with Crippen molar-refractivity contribution in [3.05, 3.63) is 23.8 Å². The Morgan fingerprint density at radius 3 is 2.09 bits per heavy atom. The van der Waals surface area contributed by atoms with Gasteiger partial charge < -0.3 is 18.3 Å². The van der Waals surface area contributed by atoms with E-state index in [1.807, 2.05) is 0 Å². The Hall–Kier alpha value is -1.23. The molecule has 0 aromatic heterocycles. The first kappa shape index (κ1) is 39.2. The second-order valence-electron chi connectivity index (χ2n) is 17.5. The molecule has 0 bridgehead atoms. The number of esters is 2. The monoisotopic (exact) mass is 676 g/mol. The average Bonchev–Trinajstić information content (AvgIpc) is 2.92. The molecule has 8 heteroatoms. The number of carbonyl (C=O) groups excluding carboxylic acids is 2. The fourth-order valence-electron chi connectivity index (χ4n) is 8.36. The second kappa shape index (κ2) is 16.0. The highest BCUT2D eigenvalue weighted by atomic mass is 28.3. The van der Waals surface area contributed by atoms with E-state index < -0.39 is 29.8 Å². The number of cyclic esters (lactones) is 1. The summed E-state index contributed by atoms with van der Waals surface area (Å²) >= 11 is 0. The van der Waals surface area contributed by atoms with Gasteiger partial charge in [0.2, 0.25) is 0 Å². The minimum atomic E-state index is -1.52. The van der Waals surface area contributed by atoms with E-state index in [9.17, 15) is 9.59 Å². The van der Waals surface area contributed by atoms with Crippen LogP contribution in [0.1, 0.15) is 114 Å². The number of allylic oxidation sites excluding steroid dienone is 3. The van der Waals surface area contributed by atoms with Crippen LogP contribution in [0.15, 0.2) is 23.8 Å². The molecule has 1 fully saturated rings. The molecule has 1 saturated heterocycles. The highest BCUT2D eigenvalue weighted by Crippen LogP contribution is 2.51. The van der Waals surface area contributed by atoms with Gasteiger partial charge in [0, 0.05) is 24.2 Å². The van der Waals surface area contributed by atoms with Crippen molar-refractivity contribution in [2.24, 2.45) is 40.4 Å². The lowest BCUT2D eigenvalue weighted by Gasteiger charge is -2.51. The van der Waals surface area contributed by atoms with E-state index in [1.165, 1.54) is 5.57 Å². The highest BCUT2D eigenvalue weighted by Gasteiger charge is 2.52. The molecule has 6 nitrogen and oxygen atoms in total. The smallest absolute Gasteiger partial charge is 0.334 e. The standard InChI is InChI=1S/C38H68O6Si2/c1-14-17-25(18-15-2)34(39)42-31-22-27(36(3,4)5)21-26-19-16-20-29(32(26)31)38(9,44-46(12)13)24-28-23-30(37(6,7)8)33(35(40)41-28)43-45(10)11/h16,19,21,25,27-33,45-46H,14-15,17-18,20,22-24H2,1-13H3/t27-,28-,29+,30+,31+,32+,33?,38+/m1/s1. The van der Waals surface area contributed by atoms with Gasteiger partial charge in [0.25, 0.3) is 0 Å². The van der Waals surface area contributed by atoms with Crippen LogP contribution >= 0.6 is 0 Å². The maximum absolute atomic E-state index is 13.8. The lowest BCUT2D eigenvalue weighted by atomic mass is 9.61. The zero-order valence-corrected chi connectivity index (χ0v) is 33.9. The van der Waals surface area contributed by atoms with Crippen molar-refractivity contribution < 1.29 is 27.9 Å². The Morgan fingerprint density at radius 2 is 1.57 bits per heavy atom. The summed E-state index contributed by atoms with van der Waals surface area (Å²) in [6.45, 7) is 28.7. The molecular formula is C38H68O6Si2. The third kappa shape index (κ3) is 9.91. The average molecular weight is 677 g/mol. The Bertz CT molecular complexity index is 1080. The van der Waals surface area contributed by atoms with Crippen LogP contribution in [-0.2, 0) is 27.9 Å². The lowest BCUT2D eigenvalue weighted by Crippen LogP contribution is -2.55. The highest BCUT2D eigenvalue weighted by molar-refractivity contribution is 6.48. The predicted octanol–water partition coefficient (Wildman–Crippen LogP) is 8.79. The van der Waals surface area contributed by atoms with E-state index in [1.54, 1.807) is 0 Å². The van der Waals surface area contributed by atoms with E-state index in [0.717, 1.165) is 44.9 Å². The number of ether oxygens (including phenoxy) is 2. The van der Waals surface area contributed by atoms with Crippen LogP contribution < -0.4 is 0 Å². The molecular weight excluding hydrogens is 609 g/mol. The summed E-state index contributed by atoms with van der Waals surface area (Å²) < 4.78 is 26.3. The lowest BCUT2D eigenvalue weighted by molar-refractivity contribution is -0.182. The first-order valence-electron chi connectivity index (χ1n) is 18.4. The molecule has 1 heterocycles. The fourth-order valence-corrected chi connectivity index (χ4v) is 10.6. The molecule has 1 unspecified atom stereocenters. The third-order valence-corrected chi connectivity index (χ3v) is 12.5. The van der Waals surface area contributed by atoms with Gasteiger partial charge in [-0.2, -0.15) is 0 Å². The SMILES string of the molecule is CCCC(CCC)C(=O)O[C@H]1C[C@H](C(C)(C)C)C=C2C=CC[C@H]([C@](C)(C[C@H]3C[C@H](C(C)(C)C)C(O[SiH](C)C)C(=O)O3)O[SiH](C)C)[C@H]21.